The van der Waals surface area contributed by atoms with E-state index in [1.54, 1.807) is 30.3 Å². The number of hydrogen-bond donors (Lipinski definition) is 1. The van der Waals surface area contributed by atoms with E-state index in [0.717, 1.165) is 23.6 Å². The first-order valence-electron chi connectivity index (χ1n) is 8.66. The van der Waals surface area contributed by atoms with E-state index in [1.807, 2.05) is 0 Å². The molecule has 1 radical (unpaired) electrons. The van der Waals surface area contributed by atoms with Crippen LogP contribution in [0.15, 0.2) is 86.7 Å². The second kappa shape index (κ2) is 8.58. The predicted molar refractivity (Wildman–Crippen MR) is 109 cm³/mol. The van der Waals surface area contributed by atoms with Gasteiger partial charge in [-0.3, -0.25) is 4.55 Å². The molecule has 0 saturated carbocycles. The standard InChI is InChI=1S/C20H14N2O7S2.Mn/c23-18-10-6-12-3-1-2-4-15(12)19(18)22-21-17-9-5-13-11-14(30(24,25)26)7-8-16(13)20(17)31(27,28)29;/h1-11,23H,(H,24,25,26)(H,27,28,29);/q;+2/p-2. The van der Waals surface area contributed by atoms with E-state index in [4.69, 9.17) is 0 Å². The van der Waals surface area contributed by atoms with Crippen LogP contribution in [-0.4, -0.2) is 25.9 Å². The molecule has 0 heterocycles. The molecule has 0 spiro atoms. The summed E-state index contributed by atoms with van der Waals surface area (Å²) < 4.78 is 67.6. The van der Waals surface area contributed by atoms with Crippen LogP contribution in [0, 0.1) is 0 Å². The number of benzene rings is 4. The summed E-state index contributed by atoms with van der Waals surface area (Å²) in [5.41, 5.74) is -0.271. The fraction of sp³-hybridized carbons (Fsp3) is 0. The van der Waals surface area contributed by atoms with Gasteiger partial charge in [-0.05, 0) is 29.0 Å². The number of fused-ring (bicyclic) bond motifs is 2. The van der Waals surface area contributed by atoms with Gasteiger partial charge in [-0.1, -0.05) is 54.3 Å². The van der Waals surface area contributed by atoms with Gasteiger partial charge in [0.15, 0.2) is 0 Å². The van der Waals surface area contributed by atoms with Crippen LogP contribution in [0.25, 0.3) is 21.5 Å². The molecule has 0 amide bonds. The summed E-state index contributed by atoms with van der Waals surface area (Å²) in [6.45, 7) is 0. The zero-order valence-electron chi connectivity index (χ0n) is 15.8. The summed E-state index contributed by atoms with van der Waals surface area (Å²) in [6, 6.07) is 15.4. The molecular formula is C20H12MnN2O7S2. The van der Waals surface area contributed by atoms with E-state index in [2.05, 4.69) is 10.2 Å². The van der Waals surface area contributed by atoms with Crippen molar-refractivity contribution in [1.29, 1.82) is 0 Å². The quantitative estimate of drug-likeness (QED) is 0.249. The second-order valence-electron chi connectivity index (χ2n) is 6.56. The van der Waals surface area contributed by atoms with Gasteiger partial charge in [-0.25, -0.2) is 8.42 Å². The molecular weight excluding hydrogens is 499 g/mol. The third kappa shape index (κ3) is 4.51. The van der Waals surface area contributed by atoms with E-state index in [0.29, 0.717) is 5.39 Å². The van der Waals surface area contributed by atoms with Gasteiger partial charge in [-0.2, -0.15) is 13.5 Å². The number of rotatable bonds is 4. The Morgan fingerprint density at radius 2 is 1.47 bits per heavy atom. The van der Waals surface area contributed by atoms with Crippen LogP contribution >= 0.6 is 0 Å². The van der Waals surface area contributed by atoms with E-state index in [9.17, 15) is 31.0 Å². The fourth-order valence-electron chi connectivity index (χ4n) is 3.22. The topological polar surface area (TPSA) is 159 Å². The molecule has 0 aliphatic carbocycles. The third-order valence-electron chi connectivity index (χ3n) is 4.59. The van der Waals surface area contributed by atoms with Crippen molar-refractivity contribution in [2.75, 3.05) is 0 Å². The first kappa shape index (κ1) is 23.8. The van der Waals surface area contributed by atoms with Crippen LogP contribution in [0.2, 0.25) is 0 Å². The summed E-state index contributed by atoms with van der Waals surface area (Å²) >= 11 is 0. The maximum Gasteiger partial charge on any atom is 2.00 e. The molecule has 0 saturated heterocycles. The molecule has 0 aromatic heterocycles. The van der Waals surface area contributed by atoms with Gasteiger partial charge in [0.25, 0.3) is 10.1 Å². The molecule has 12 heteroatoms. The Labute approximate surface area is 193 Å². The largest absolute Gasteiger partial charge is 2.00 e. The van der Waals surface area contributed by atoms with Crippen LogP contribution in [0.4, 0.5) is 11.4 Å². The van der Waals surface area contributed by atoms with Crippen molar-refractivity contribution in [3.63, 3.8) is 0 Å². The van der Waals surface area contributed by atoms with Gasteiger partial charge in [0, 0.05) is 10.8 Å². The van der Waals surface area contributed by atoms with Crippen molar-refractivity contribution in [1.82, 2.24) is 0 Å². The van der Waals surface area contributed by atoms with Crippen molar-refractivity contribution in [3.05, 3.63) is 66.7 Å². The maximum atomic E-state index is 12.3. The first-order valence-corrected chi connectivity index (χ1v) is 11.5. The minimum absolute atomic E-state index is 0. The van der Waals surface area contributed by atoms with Gasteiger partial charge in [0.05, 0.1) is 10.6 Å². The average molecular weight is 511 g/mol. The molecule has 0 bridgehead atoms. The molecule has 1 N–H and O–H groups in total. The monoisotopic (exact) mass is 511 g/mol. The van der Waals surface area contributed by atoms with Crippen LogP contribution in [0.3, 0.4) is 0 Å². The molecule has 9 nitrogen and oxygen atoms in total. The molecule has 0 fully saturated rings. The molecule has 0 unspecified atom stereocenters. The Kier molecular flexibility index (Phi) is 6.38. The molecule has 32 heavy (non-hydrogen) atoms. The Bertz CT molecular complexity index is 1600. The Hall–Kier alpha value is -2.86. The van der Waals surface area contributed by atoms with Crippen LogP contribution in [-0.2, 0) is 37.3 Å². The van der Waals surface area contributed by atoms with Crippen LogP contribution in [0.5, 0.6) is 5.75 Å². The molecule has 0 aliphatic heterocycles. The van der Waals surface area contributed by atoms with Crippen LogP contribution in [0.1, 0.15) is 0 Å². The second-order valence-corrected chi connectivity index (χ2v) is 9.30. The molecule has 163 valence electrons. The molecule has 0 aliphatic rings. The van der Waals surface area contributed by atoms with Crippen molar-refractivity contribution in [2.24, 2.45) is 10.2 Å². The minimum atomic E-state index is -4.82. The summed E-state index contributed by atoms with van der Waals surface area (Å²) in [5, 5.41) is 21.3. The Morgan fingerprint density at radius 3 is 2.16 bits per heavy atom. The molecule has 4 rings (SSSR count). The minimum Gasteiger partial charge on any atom is -0.871 e. The van der Waals surface area contributed by atoms with Gasteiger partial charge >= 0.3 is 17.1 Å². The van der Waals surface area contributed by atoms with E-state index < -0.39 is 35.8 Å². The zero-order valence-corrected chi connectivity index (χ0v) is 18.6. The summed E-state index contributed by atoms with van der Waals surface area (Å²) in [4.78, 5) is -1.18. The van der Waals surface area contributed by atoms with Gasteiger partial charge in [0.1, 0.15) is 20.7 Å². The van der Waals surface area contributed by atoms with Gasteiger partial charge in [0.2, 0.25) is 0 Å². The smallest absolute Gasteiger partial charge is 0.871 e. The van der Waals surface area contributed by atoms with Crippen molar-refractivity contribution >= 4 is 53.2 Å². The zero-order chi connectivity index (χ0) is 22.4. The fourth-order valence-corrected chi connectivity index (χ4v) is 4.56. The van der Waals surface area contributed by atoms with E-state index in [-0.39, 0.29) is 39.2 Å². The van der Waals surface area contributed by atoms with Crippen molar-refractivity contribution in [2.45, 2.75) is 9.79 Å². The van der Waals surface area contributed by atoms with E-state index in [1.165, 1.54) is 18.2 Å². The SMILES string of the molecule is O=S(=O)([O-])c1ccc2c(S(=O)(=O)O)c(N=Nc3c([O-])ccc4ccccc34)ccc2c1.[Mn+2]. The number of hydrogen-bond acceptors (Lipinski definition) is 8. The summed E-state index contributed by atoms with van der Waals surface area (Å²) in [7, 11) is -9.59. The maximum absolute atomic E-state index is 12.3. The normalized spacial score (nSPS) is 12.3. The van der Waals surface area contributed by atoms with Crippen molar-refractivity contribution in [3.8, 4) is 5.75 Å². The number of nitrogens with zero attached hydrogens (tertiary/aromatic N) is 2. The predicted octanol–water partition coefficient (Wildman–Crippen LogP) is 3.63. The molecule has 0 atom stereocenters. The Balaban J connectivity index is 0.00000289. The first-order chi connectivity index (χ1) is 14.6. The van der Waals surface area contributed by atoms with E-state index >= 15 is 0 Å². The molecule has 4 aromatic rings. The number of azo groups is 1. The molecule has 4 aromatic carbocycles. The summed E-state index contributed by atoms with van der Waals surface area (Å²) in [6.07, 6.45) is 0. The van der Waals surface area contributed by atoms with Gasteiger partial charge < -0.3 is 9.66 Å². The van der Waals surface area contributed by atoms with Crippen molar-refractivity contribution < 1.29 is 48.1 Å². The van der Waals surface area contributed by atoms with Crippen LogP contribution < -0.4 is 5.11 Å². The summed E-state index contributed by atoms with van der Waals surface area (Å²) in [5.74, 6) is -0.429. The third-order valence-corrected chi connectivity index (χ3v) is 6.37. The average Bonchev–Trinajstić information content (AvgIpc) is 2.70. The Morgan fingerprint density at radius 1 is 0.781 bits per heavy atom. The van der Waals surface area contributed by atoms with Gasteiger partial charge in [-0.15, -0.1) is 5.11 Å².